The highest BCUT2D eigenvalue weighted by Gasteiger charge is 2.08. The van der Waals surface area contributed by atoms with Gasteiger partial charge in [-0.05, 0) is 54.0 Å². The molecule has 96 valence electrons. The molecule has 17 heavy (non-hydrogen) atoms. The van der Waals surface area contributed by atoms with Gasteiger partial charge in [-0.2, -0.15) is 0 Å². The van der Waals surface area contributed by atoms with Crippen LogP contribution in [0.5, 0.6) is 0 Å². The van der Waals surface area contributed by atoms with Crippen LogP contribution in [0.1, 0.15) is 38.3 Å². The predicted molar refractivity (Wildman–Crippen MR) is 79.8 cm³/mol. The number of hydrogen-bond donors (Lipinski definition) is 1. The predicted octanol–water partition coefficient (Wildman–Crippen LogP) is 3.97. The zero-order valence-corrected chi connectivity index (χ0v) is 12.8. The smallest absolute Gasteiger partial charge is 0.0508 e. The van der Waals surface area contributed by atoms with Crippen LogP contribution in [0.2, 0.25) is 0 Å². The van der Waals surface area contributed by atoms with Crippen LogP contribution in [0.15, 0.2) is 22.7 Å². The molecule has 0 amide bonds. The molecule has 0 aliphatic heterocycles. The van der Waals surface area contributed by atoms with E-state index in [4.69, 9.17) is 0 Å². The summed E-state index contributed by atoms with van der Waals surface area (Å²) in [5.41, 5.74) is 2.58. The molecule has 1 aromatic rings. The molecule has 1 unspecified atom stereocenters. The zero-order valence-electron chi connectivity index (χ0n) is 11.3. The fraction of sp³-hybridized carbons (Fsp3) is 0.571. The molecule has 2 nitrogen and oxygen atoms in total. The lowest BCUT2D eigenvalue weighted by atomic mass is 10.1. The van der Waals surface area contributed by atoms with Crippen molar-refractivity contribution in [3.8, 4) is 0 Å². The lowest BCUT2D eigenvalue weighted by Gasteiger charge is -2.22. The first-order valence-corrected chi connectivity index (χ1v) is 7.07. The van der Waals surface area contributed by atoms with Gasteiger partial charge in [0.15, 0.2) is 0 Å². The molecule has 0 aliphatic carbocycles. The first-order chi connectivity index (χ1) is 8.10. The highest BCUT2D eigenvalue weighted by molar-refractivity contribution is 9.10. The fourth-order valence-corrected chi connectivity index (χ4v) is 2.48. The number of anilines is 1. The summed E-state index contributed by atoms with van der Waals surface area (Å²) in [6.07, 6.45) is 2.47. The second-order valence-corrected chi connectivity index (χ2v) is 5.35. The minimum atomic E-state index is 0.390. The molecular weight excluding hydrogens is 276 g/mol. The number of benzene rings is 1. The Balaban J connectivity index is 2.82. The van der Waals surface area contributed by atoms with Crippen molar-refractivity contribution in [3.63, 3.8) is 0 Å². The molecule has 1 rings (SSSR count). The van der Waals surface area contributed by atoms with Crippen LogP contribution in [0.3, 0.4) is 0 Å². The minimum absolute atomic E-state index is 0.390. The van der Waals surface area contributed by atoms with Crippen molar-refractivity contribution in [2.24, 2.45) is 0 Å². The van der Waals surface area contributed by atoms with Crippen LogP contribution in [0.4, 0.5) is 5.69 Å². The van der Waals surface area contributed by atoms with Crippen LogP contribution in [-0.2, 0) is 0 Å². The molecule has 1 atom stereocenters. The number of unbranched alkanes of at least 4 members (excludes halogenated alkanes) is 1. The van der Waals surface area contributed by atoms with Crippen LogP contribution in [0, 0.1) is 0 Å². The van der Waals surface area contributed by atoms with Crippen LogP contribution < -0.4 is 10.2 Å². The largest absolute Gasteiger partial charge is 0.374 e. The topological polar surface area (TPSA) is 15.3 Å². The van der Waals surface area contributed by atoms with Gasteiger partial charge >= 0.3 is 0 Å². The van der Waals surface area contributed by atoms with Gasteiger partial charge in [-0.3, -0.25) is 0 Å². The van der Waals surface area contributed by atoms with Crippen molar-refractivity contribution in [2.75, 3.05) is 25.5 Å². The molecule has 0 bridgehead atoms. The Morgan fingerprint density at radius 2 is 2.12 bits per heavy atom. The van der Waals surface area contributed by atoms with Gasteiger partial charge in [0.05, 0.1) is 5.69 Å². The number of nitrogens with one attached hydrogen (secondary N) is 1. The third kappa shape index (κ3) is 4.00. The average Bonchev–Trinajstić information content (AvgIpc) is 2.34. The zero-order chi connectivity index (χ0) is 12.8. The molecule has 0 aromatic heterocycles. The third-order valence-corrected chi connectivity index (χ3v) is 3.80. The van der Waals surface area contributed by atoms with E-state index in [1.807, 2.05) is 7.05 Å². The summed E-state index contributed by atoms with van der Waals surface area (Å²) >= 11 is 3.67. The first kappa shape index (κ1) is 14.5. The van der Waals surface area contributed by atoms with Crippen molar-refractivity contribution in [1.29, 1.82) is 0 Å². The molecule has 3 heteroatoms. The van der Waals surface area contributed by atoms with E-state index in [1.54, 1.807) is 0 Å². The molecule has 0 saturated heterocycles. The Bertz CT molecular complexity index is 352. The van der Waals surface area contributed by atoms with E-state index in [-0.39, 0.29) is 0 Å². The third-order valence-electron chi connectivity index (χ3n) is 3.16. The van der Waals surface area contributed by atoms with E-state index in [0.717, 1.165) is 6.54 Å². The van der Waals surface area contributed by atoms with Gasteiger partial charge in [0, 0.05) is 24.1 Å². The summed E-state index contributed by atoms with van der Waals surface area (Å²) in [5, 5.41) is 3.26. The summed E-state index contributed by atoms with van der Waals surface area (Å²) in [5.74, 6) is 0. The van der Waals surface area contributed by atoms with Gasteiger partial charge in [0.1, 0.15) is 0 Å². The average molecular weight is 299 g/mol. The van der Waals surface area contributed by atoms with E-state index >= 15 is 0 Å². The Morgan fingerprint density at radius 1 is 1.41 bits per heavy atom. The van der Waals surface area contributed by atoms with Crippen LogP contribution in [-0.4, -0.2) is 20.6 Å². The lowest BCUT2D eigenvalue weighted by Crippen LogP contribution is -2.19. The van der Waals surface area contributed by atoms with Gasteiger partial charge in [-0.25, -0.2) is 0 Å². The number of rotatable bonds is 6. The molecule has 0 fully saturated rings. The summed E-state index contributed by atoms with van der Waals surface area (Å²) in [6, 6.07) is 6.99. The Hall–Kier alpha value is -0.540. The fourth-order valence-electron chi connectivity index (χ4n) is 1.78. The summed E-state index contributed by atoms with van der Waals surface area (Å²) in [6.45, 7) is 5.50. The minimum Gasteiger partial charge on any atom is -0.374 e. The van der Waals surface area contributed by atoms with Crippen molar-refractivity contribution < 1.29 is 0 Å². The van der Waals surface area contributed by atoms with E-state index in [1.165, 1.54) is 28.6 Å². The maximum Gasteiger partial charge on any atom is 0.0508 e. The monoisotopic (exact) mass is 298 g/mol. The molecule has 0 aliphatic rings. The molecular formula is C14H23BrN2. The van der Waals surface area contributed by atoms with Crippen molar-refractivity contribution in [1.82, 2.24) is 5.32 Å². The van der Waals surface area contributed by atoms with Crippen molar-refractivity contribution >= 4 is 21.6 Å². The standard InChI is InChI=1S/C14H23BrN2/c1-5-6-9-17(4)14-8-7-12(10-13(14)15)11(2)16-3/h7-8,10-11,16H,5-6,9H2,1-4H3. The maximum atomic E-state index is 3.67. The molecule has 1 aromatic carbocycles. The SMILES string of the molecule is CCCCN(C)c1ccc(C(C)NC)cc1Br. The van der Waals surface area contributed by atoms with E-state index in [0.29, 0.717) is 6.04 Å². The van der Waals surface area contributed by atoms with Crippen LogP contribution in [0.25, 0.3) is 0 Å². The van der Waals surface area contributed by atoms with Gasteiger partial charge in [0.2, 0.25) is 0 Å². The lowest BCUT2D eigenvalue weighted by molar-refractivity contribution is 0.652. The number of halogens is 1. The van der Waals surface area contributed by atoms with Crippen LogP contribution >= 0.6 is 15.9 Å². The summed E-state index contributed by atoms with van der Waals surface area (Å²) in [4.78, 5) is 2.31. The van der Waals surface area contributed by atoms with Crippen molar-refractivity contribution in [2.45, 2.75) is 32.7 Å². The summed E-state index contributed by atoms with van der Waals surface area (Å²) in [7, 11) is 4.14. The molecule has 0 spiro atoms. The Morgan fingerprint density at radius 3 is 2.65 bits per heavy atom. The Kier molecular flexibility index (Phi) is 6.00. The quantitative estimate of drug-likeness (QED) is 0.855. The van der Waals surface area contributed by atoms with E-state index < -0.39 is 0 Å². The number of hydrogen-bond acceptors (Lipinski definition) is 2. The molecule has 1 N–H and O–H groups in total. The van der Waals surface area contributed by atoms with Gasteiger partial charge in [0.25, 0.3) is 0 Å². The second-order valence-electron chi connectivity index (χ2n) is 4.50. The number of nitrogens with zero attached hydrogens (tertiary/aromatic N) is 1. The van der Waals surface area contributed by atoms with E-state index in [2.05, 4.69) is 65.2 Å². The van der Waals surface area contributed by atoms with Gasteiger partial charge in [-0.1, -0.05) is 19.4 Å². The molecule has 0 heterocycles. The summed E-state index contributed by atoms with van der Waals surface area (Å²) < 4.78 is 1.18. The highest BCUT2D eigenvalue weighted by atomic mass is 79.9. The first-order valence-electron chi connectivity index (χ1n) is 6.28. The van der Waals surface area contributed by atoms with Gasteiger partial charge < -0.3 is 10.2 Å². The molecule has 0 radical (unpaired) electrons. The van der Waals surface area contributed by atoms with Gasteiger partial charge in [-0.15, -0.1) is 0 Å². The second kappa shape index (κ2) is 7.02. The highest BCUT2D eigenvalue weighted by Crippen LogP contribution is 2.28. The molecule has 0 saturated carbocycles. The van der Waals surface area contributed by atoms with E-state index in [9.17, 15) is 0 Å². The Labute approximate surface area is 114 Å². The maximum absolute atomic E-state index is 3.67. The normalized spacial score (nSPS) is 12.5. The van der Waals surface area contributed by atoms with Crippen molar-refractivity contribution in [3.05, 3.63) is 28.2 Å².